The summed E-state index contributed by atoms with van der Waals surface area (Å²) >= 11 is 3.51. The number of aromatic amines is 1. The van der Waals surface area contributed by atoms with Gasteiger partial charge < -0.3 is 9.88 Å². The van der Waals surface area contributed by atoms with Crippen molar-refractivity contribution < 1.29 is 14.8 Å². The lowest BCUT2D eigenvalue weighted by atomic mass is 10.0. The summed E-state index contributed by atoms with van der Waals surface area (Å²) in [6, 6.07) is 14.9. The zero-order valence-electron chi connectivity index (χ0n) is 20.9. The molecule has 2 aromatic carbocycles. The second-order valence-electron chi connectivity index (χ2n) is 8.93. The van der Waals surface area contributed by atoms with Crippen LogP contribution in [0.4, 0.5) is 0 Å². The van der Waals surface area contributed by atoms with Gasteiger partial charge in [-0.15, -0.1) is 5.10 Å². The Morgan fingerprint density at radius 3 is 2.63 bits per heavy atom. The van der Waals surface area contributed by atoms with Crippen molar-refractivity contribution in [2.75, 3.05) is 0 Å². The van der Waals surface area contributed by atoms with E-state index in [1.165, 1.54) is 0 Å². The first kappa shape index (κ1) is 27.1. The molecule has 11 nitrogen and oxygen atoms in total. The van der Waals surface area contributed by atoms with E-state index in [-0.39, 0.29) is 18.0 Å². The van der Waals surface area contributed by atoms with Crippen molar-refractivity contribution in [3.63, 3.8) is 0 Å². The standard InChI is InChI=1S/C26H29BrN8O3/c1-2-3-8-23-29-22(16-35(23)15-17-9-11-18(12-10-17)25-30-33-34-31-25)26(37)28-20(14-24(36)32-38)13-19-6-4-5-7-21(19)27/h4-7,9-12,16,20,38H,2-3,8,13-15H2,1H3,(H,28,37)(H,32,36)(H,30,31,33,34)/t20-/m1/s1. The van der Waals surface area contributed by atoms with Crippen LogP contribution in [0.25, 0.3) is 11.4 Å². The van der Waals surface area contributed by atoms with Crippen molar-refractivity contribution in [2.45, 2.75) is 51.6 Å². The predicted molar refractivity (Wildman–Crippen MR) is 143 cm³/mol. The van der Waals surface area contributed by atoms with Crippen molar-refractivity contribution in [3.05, 3.63) is 81.8 Å². The SMILES string of the molecule is CCCCc1nc(C(=O)N[C@@H](CC(=O)NO)Cc2ccccc2Br)cn1Cc1ccc(-c2nnn[nH]2)cc1. The Morgan fingerprint density at radius 1 is 1.16 bits per heavy atom. The summed E-state index contributed by atoms with van der Waals surface area (Å²) in [6.07, 6.45) is 4.74. The maximum atomic E-state index is 13.3. The number of H-pyrrole nitrogens is 1. The molecular formula is C26H29BrN8O3. The maximum Gasteiger partial charge on any atom is 0.271 e. The molecule has 12 heteroatoms. The molecule has 4 rings (SSSR count). The highest BCUT2D eigenvalue weighted by Gasteiger charge is 2.21. The highest BCUT2D eigenvalue weighted by Crippen LogP contribution is 2.19. The number of nitrogens with one attached hydrogen (secondary N) is 3. The molecule has 0 radical (unpaired) electrons. The minimum Gasteiger partial charge on any atom is -0.347 e. The van der Waals surface area contributed by atoms with Crippen LogP contribution < -0.4 is 10.8 Å². The first-order chi connectivity index (χ1) is 18.5. The highest BCUT2D eigenvalue weighted by molar-refractivity contribution is 9.10. The second-order valence-corrected chi connectivity index (χ2v) is 9.78. The molecular weight excluding hydrogens is 552 g/mol. The van der Waals surface area contributed by atoms with Gasteiger partial charge >= 0.3 is 0 Å². The third-order valence-corrected chi connectivity index (χ3v) is 6.86. The number of aromatic nitrogens is 6. The van der Waals surface area contributed by atoms with Crippen LogP contribution in [0, 0.1) is 0 Å². The van der Waals surface area contributed by atoms with Gasteiger partial charge in [0.1, 0.15) is 11.5 Å². The van der Waals surface area contributed by atoms with Gasteiger partial charge in [-0.3, -0.25) is 14.8 Å². The molecule has 0 saturated carbocycles. The quantitative estimate of drug-likeness (QED) is 0.148. The van der Waals surface area contributed by atoms with Gasteiger partial charge in [-0.2, -0.15) is 0 Å². The van der Waals surface area contributed by atoms with Crippen LogP contribution in [0.1, 0.15) is 53.6 Å². The fourth-order valence-electron chi connectivity index (χ4n) is 4.11. The second kappa shape index (κ2) is 13.1. The largest absolute Gasteiger partial charge is 0.347 e. The van der Waals surface area contributed by atoms with Crippen molar-refractivity contribution in [1.82, 2.24) is 41.0 Å². The number of unbranched alkanes of at least 4 members (excludes halogenated alkanes) is 1. The zero-order chi connectivity index (χ0) is 26.9. The van der Waals surface area contributed by atoms with Gasteiger partial charge in [0, 0.05) is 41.7 Å². The number of benzene rings is 2. The smallest absolute Gasteiger partial charge is 0.271 e. The van der Waals surface area contributed by atoms with E-state index in [0.717, 1.165) is 46.2 Å². The Kier molecular flexibility index (Phi) is 9.33. The molecule has 0 spiro atoms. The number of rotatable bonds is 12. The number of amides is 2. The van der Waals surface area contributed by atoms with Crippen LogP contribution in [0.2, 0.25) is 0 Å². The van der Waals surface area contributed by atoms with E-state index in [4.69, 9.17) is 5.21 Å². The third-order valence-electron chi connectivity index (χ3n) is 6.09. The Labute approximate surface area is 228 Å². The normalized spacial score (nSPS) is 11.8. The summed E-state index contributed by atoms with van der Waals surface area (Å²) in [6.45, 7) is 2.65. The molecule has 0 aliphatic carbocycles. The molecule has 2 aromatic heterocycles. The average Bonchev–Trinajstić information content (AvgIpc) is 3.60. The number of carbonyl (C=O) groups is 2. The minimum absolute atomic E-state index is 0.0833. The molecule has 4 aromatic rings. The maximum absolute atomic E-state index is 13.3. The number of carbonyl (C=O) groups excluding carboxylic acids is 2. The van der Waals surface area contributed by atoms with Gasteiger partial charge in [0.25, 0.3) is 5.91 Å². The molecule has 2 amide bonds. The molecule has 198 valence electrons. The Bertz CT molecular complexity index is 1360. The number of hydrogen-bond acceptors (Lipinski definition) is 7. The molecule has 0 fully saturated rings. The summed E-state index contributed by atoms with van der Waals surface area (Å²) in [4.78, 5) is 29.8. The number of nitrogens with zero attached hydrogens (tertiary/aromatic N) is 5. The first-order valence-corrected chi connectivity index (χ1v) is 13.1. The Morgan fingerprint density at radius 2 is 1.95 bits per heavy atom. The lowest BCUT2D eigenvalue weighted by Crippen LogP contribution is -2.40. The van der Waals surface area contributed by atoms with Crippen molar-refractivity contribution >= 4 is 27.7 Å². The van der Waals surface area contributed by atoms with E-state index < -0.39 is 11.9 Å². The van der Waals surface area contributed by atoms with E-state index >= 15 is 0 Å². The molecule has 2 heterocycles. The molecule has 0 aliphatic rings. The lowest BCUT2D eigenvalue weighted by molar-refractivity contribution is -0.129. The molecule has 4 N–H and O–H groups in total. The molecule has 0 unspecified atom stereocenters. The van der Waals surface area contributed by atoms with Crippen LogP contribution in [-0.2, 0) is 24.2 Å². The van der Waals surface area contributed by atoms with E-state index in [1.807, 2.05) is 53.1 Å². The van der Waals surface area contributed by atoms with Gasteiger partial charge in [-0.25, -0.2) is 15.6 Å². The summed E-state index contributed by atoms with van der Waals surface area (Å²) in [7, 11) is 0. The molecule has 0 saturated heterocycles. The van der Waals surface area contributed by atoms with Crippen LogP contribution in [0.5, 0.6) is 0 Å². The molecule has 0 bridgehead atoms. The summed E-state index contributed by atoms with van der Waals surface area (Å²) < 4.78 is 2.86. The van der Waals surface area contributed by atoms with E-state index in [1.54, 1.807) is 11.7 Å². The number of halogens is 1. The predicted octanol–water partition coefficient (Wildman–Crippen LogP) is 3.45. The van der Waals surface area contributed by atoms with Crippen molar-refractivity contribution in [2.24, 2.45) is 0 Å². The lowest BCUT2D eigenvalue weighted by Gasteiger charge is -2.18. The van der Waals surface area contributed by atoms with Gasteiger partial charge in [0.15, 0.2) is 5.82 Å². The Balaban J connectivity index is 1.52. The van der Waals surface area contributed by atoms with Crippen molar-refractivity contribution in [3.8, 4) is 11.4 Å². The van der Waals surface area contributed by atoms with Crippen LogP contribution in [0.15, 0.2) is 59.2 Å². The highest BCUT2D eigenvalue weighted by atomic mass is 79.9. The molecule has 1 atom stereocenters. The number of tetrazole rings is 1. The van der Waals surface area contributed by atoms with Gasteiger partial charge in [0.05, 0.1) is 0 Å². The summed E-state index contributed by atoms with van der Waals surface area (Å²) in [5.41, 5.74) is 4.77. The van der Waals surface area contributed by atoms with Gasteiger partial charge in [0.2, 0.25) is 5.91 Å². The number of hydrogen-bond donors (Lipinski definition) is 4. The van der Waals surface area contributed by atoms with Crippen LogP contribution >= 0.6 is 15.9 Å². The summed E-state index contributed by atoms with van der Waals surface area (Å²) in [5, 5.41) is 25.9. The van der Waals surface area contributed by atoms with Crippen LogP contribution in [0.3, 0.4) is 0 Å². The van der Waals surface area contributed by atoms with Gasteiger partial charge in [-0.1, -0.05) is 71.7 Å². The number of hydroxylamine groups is 1. The fourth-order valence-corrected chi connectivity index (χ4v) is 4.56. The molecule has 0 aliphatic heterocycles. The topological polar surface area (TPSA) is 151 Å². The van der Waals surface area contributed by atoms with Crippen molar-refractivity contribution in [1.29, 1.82) is 0 Å². The number of aryl methyl sites for hydroxylation is 1. The fraction of sp³-hybridized carbons (Fsp3) is 0.308. The number of imidazole rings is 1. The Hall–Kier alpha value is -3.90. The van der Waals surface area contributed by atoms with E-state index in [2.05, 4.69) is 53.8 Å². The average molecular weight is 581 g/mol. The van der Waals surface area contributed by atoms with E-state index in [9.17, 15) is 9.59 Å². The van der Waals surface area contributed by atoms with Crippen LogP contribution in [-0.4, -0.2) is 53.2 Å². The monoisotopic (exact) mass is 580 g/mol. The molecule has 38 heavy (non-hydrogen) atoms. The zero-order valence-corrected chi connectivity index (χ0v) is 22.5. The van der Waals surface area contributed by atoms with E-state index in [0.29, 0.717) is 18.8 Å². The minimum atomic E-state index is -0.582. The first-order valence-electron chi connectivity index (χ1n) is 12.3. The van der Waals surface area contributed by atoms with Gasteiger partial charge in [-0.05, 0) is 40.5 Å². The summed E-state index contributed by atoms with van der Waals surface area (Å²) in [5.74, 6) is 0.447. The third kappa shape index (κ3) is 7.11.